The van der Waals surface area contributed by atoms with Crippen LogP contribution in [0.15, 0.2) is 22.8 Å². The first kappa shape index (κ1) is 17.4. The fourth-order valence-corrected chi connectivity index (χ4v) is 4.75. The van der Waals surface area contributed by atoms with Gasteiger partial charge < -0.3 is 14.5 Å². The van der Waals surface area contributed by atoms with Gasteiger partial charge in [-0.3, -0.25) is 19.3 Å². The first-order chi connectivity index (χ1) is 12.6. The number of Topliss-reactive ketones (excluding diaryl/α,β-unsaturated/α-hetero) is 1. The number of rotatable bonds is 6. The Labute approximate surface area is 152 Å². The maximum absolute atomic E-state index is 12.7. The Bertz CT molecular complexity index is 682. The summed E-state index contributed by atoms with van der Waals surface area (Å²) in [6.45, 7) is 0.626. The standard InChI is InChI=1S/C19H24N2O5/c22-12-19(10-13-4-1-2-5-13,20-18(24)16-6-3-9-25-16)21-8-7-15-17(21)14(23)11-26-15/h3,6,9,12-13,15,17H,1-2,4-5,7-8,10-11H2,(H,20,24). The van der Waals surface area contributed by atoms with E-state index in [9.17, 15) is 14.4 Å². The maximum Gasteiger partial charge on any atom is 0.288 e. The molecular formula is C19H24N2O5. The third-order valence-electron chi connectivity index (χ3n) is 5.97. The number of hydrogen-bond donors (Lipinski definition) is 1. The number of carbonyl (C=O) groups excluding carboxylic acids is 3. The maximum atomic E-state index is 12.7. The average Bonchev–Trinajstić information content (AvgIpc) is 3.41. The molecule has 0 spiro atoms. The van der Waals surface area contributed by atoms with Gasteiger partial charge in [-0.25, -0.2) is 0 Å². The summed E-state index contributed by atoms with van der Waals surface area (Å²) in [5, 5.41) is 2.90. The molecule has 1 aliphatic carbocycles. The number of carbonyl (C=O) groups is 3. The van der Waals surface area contributed by atoms with Gasteiger partial charge in [-0.1, -0.05) is 25.7 Å². The van der Waals surface area contributed by atoms with Crippen molar-refractivity contribution in [1.29, 1.82) is 0 Å². The zero-order valence-corrected chi connectivity index (χ0v) is 14.7. The summed E-state index contributed by atoms with van der Waals surface area (Å²) >= 11 is 0. The summed E-state index contributed by atoms with van der Waals surface area (Å²) in [4.78, 5) is 39.3. The molecule has 2 saturated heterocycles. The Morgan fingerprint density at radius 1 is 1.35 bits per heavy atom. The van der Waals surface area contributed by atoms with Crippen molar-refractivity contribution in [2.45, 2.75) is 56.3 Å². The van der Waals surface area contributed by atoms with Gasteiger partial charge in [-0.15, -0.1) is 0 Å². The van der Waals surface area contributed by atoms with E-state index in [1.807, 2.05) is 4.90 Å². The van der Waals surface area contributed by atoms with Crippen LogP contribution in [0.4, 0.5) is 0 Å². The van der Waals surface area contributed by atoms with Crippen LogP contribution in [0.3, 0.4) is 0 Å². The van der Waals surface area contributed by atoms with E-state index in [1.54, 1.807) is 12.1 Å². The molecule has 3 atom stereocenters. The second-order valence-electron chi connectivity index (χ2n) is 7.57. The first-order valence-corrected chi connectivity index (χ1v) is 9.36. The molecule has 3 aliphatic rings. The smallest absolute Gasteiger partial charge is 0.288 e. The van der Waals surface area contributed by atoms with Crippen molar-refractivity contribution in [3.63, 3.8) is 0 Å². The van der Waals surface area contributed by atoms with Gasteiger partial charge in [-0.05, 0) is 30.9 Å². The minimum Gasteiger partial charge on any atom is -0.459 e. The van der Waals surface area contributed by atoms with Gasteiger partial charge in [-0.2, -0.15) is 0 Å². The van der Waals surface area contributed by atoms with Crippen molar-refractivity contribution in [3.05, 3.63) is 24.2 Å². The number of amides is 1. The van der Waals surface area contributed by atoms with Crippen LogP contribution in [0, 0.1) is 5.92 Å². The molecule has 1 amide bonds. The van der Waals surface area contributed by atoms with Gasteiger partial charge in [0.25, 0.3) is 5.91 Å². The molecule has 140 valence electrons. The number of ether oxygens (including phenoxy) is 1. The summed E-state index contributed by atoms with van der Waals surface area (Å²) < 4.78 is 10.8. The van der Waals surface area contributed by atoms with E-state index in [-0.39, 0.29) is 24.3 Å². The molecular weight excluding hydrogens is 336 g/mol. The normalized spacial score (nSPS) is 28.8. The van der Waals surface area contributed by atoms with Gasteiger partial charge in [0.15, 0.2) is 23.5 Å². The third-order valence-corrected chi connectivity index (χ3v) is 5.97. The summed E-state index contributed by atoms with van der Waals surface area (Å²) in [6, 6.07) is 2.74. The Balaban J connectivity index is 1.64. The van der Waals surface area contributed by atoms with E-state index in [0.29, 0.717) is 25.3 Å². The van der Waals surface area contributed by atoms with Crippen LogP contribution in [-0.2, 0) is 14.3 Å². The Hall–Kier alpha value is -1.99. The SMILES string of the molecule is O=CC(CC1CCCC1)(NC(=O)c1ccco1)N1CCC2OCC(=O)C21. The highest BCUT2D eigenvalue weighted by Gasteiger charge is 2.54. The van der Waals surface area contributed by atoms with Crippen molar-refractivity contribution >= 4 is 18.0 Å². The number of nitrogens with zero attached hydrogens (tertiary/aromatic N) is 1. The molecule has 26 heavy (non-hydrogen) atoms. The predicted molar refractivity (Wildman–Crippen MR) is 91.4 cm³/mol. The molecule has 3 fully saturated rings. The Morgan fingerprint density at radius 2 is 2.15 bits per heavy atom. The molecule has 2 aliphatic heterocycles. The van der Waals surface area contributed by atoms with E-state index in [4.69, 9.17) is 9.15 Å². The molecule has 0 bridgehead atoms. The Kier molecular flexibility index (Phi) is 4.67. The highest BCUT2D eigenvalue weighted by Crippen LogP contribution is 2.38. The first-order valence-electron chi connectivity index (χ1n) is 9.36. The molecule has 4 rings (SSSR count). The second-order valence-corrected chi connectivity index (χ2v) is 7.57. The highest BCUT2D eigenvalue weighted by molar-refractivity contribution is 5.94. The topological polar surface area (TPSA) is 88.8 Å². The fourth-order valence-electron chi connectivity index (χ4n) is 4.75. The number of ketones is 1. The minimum atomic E-state index is -1.21. The van der Waals surface area contributed by atoms with Gasteiger partial charge >= 0.3 is 0 Å². The van der Waals surface area contributed by atoms with E-state index < -0.39 is 17.6 Å². The van der Waals surface area contributed by atoms with Crippen LogP contribution in [0.1, 0.15) is 49.1 Å². The lowest BCUT2D eigenvalue weighted by Gasteiger charge is -2.41. The van der Waals surface area contributed by atoms with E-state index in [1.165, 1.54) is 6.26 Å². The summed E-state index contributed by atoms with van der Waals surface area (Å²) in [7, 11) is 0. The number of fused-ring (bicyclic) bond motifs is 1. The van der Waals surface area contributed by atoms with Crippen LogP contribution in [-0.4, -0.2) is 53.8 Å². The number of likely N-dealkylation sites (tertiary alicyclic amines) is 1. The zero-order valence-electron chi connectivity index (χ0n) is 14.7. The van der Waals surface area contributed by atoms with E-state index >= 15 is 0 Å². The molecule has 1 N–H and O–H groups in total. The van der Waals surface area contributed by atoms with E-state index in [0.717, 1.165) is 32.0 Å². The quantitative estimate of drug-likeness (QED) is 0.774. The van der Waals surface area contributed by atoms with Gasteiger partial charge in [0.2, 0.25) is 0 Å². The fraction of sp³-hybridized carbons (Fsp3) is 0.632. The second kappa shape index (κ2) is 6.96. The molecule has 7 heteroatoms. The number of furan rings is 1. The van der Waals surface area contributed by atoms with Crippen molar-refractivity contribution in [1.82, 2.24) is 10.2 Å². The molecule has 3 heterocycles. The predicted octanol–water partition coefficient (Wildman–Crippen LogP) is 1.53. The van der Waals surface area contributed by atoms with Crippen LogP contribution in [0.25, 0.3) is 0 Å². The third kappa shape index (κ3) is 2.99. The lowest BCUT2D eigenvalue weighted by atomic mass is 9.91. The van der Waals surface area contributed by atoms with Crippen molar-refractivity contribution in [2.24, 2.45) is 5.92 Å². The van der Waals surface area contributed by atoms with Crippen molar-refractivity contribution in [3.8, 4) is 0 Å². The van der Waals surface area contributed by atoms with Gasteiger partial charge in [0, 0.05) is 6.54 Å². The van der Waals surface area contributed by atoms with Crippen molar-refractivity contribution in [2.75, 3.05) is 13.2 Å². The molecule has 3 unspecified atom stereocenters. The lowest BCUT2D eigenvalue weighted by Crippen LogP contribution is -2.65. The Morgan fingerprint density at radius 3 is 2.85 bits per heavy atom. The monoisotopic (exact) mass is 360 g/mol. The minimum absolute atomic E-state index is 0.0163. The van der Waals surface area contributed by atoms with Gasteiger partial charge in [0.1, 0.15) is 6.61 Å². The molecule has 7 nitrogen and oxygen atoms in total. The summed E-state index contributed by atoms with van der Waals surface area (Å²) in [5.41, 5.74) is -1.21. The highest BCUT2D eigenvalue weighted by atomic mass is 16.5. The number of aldehydes is 1. The largest absolute Gasteiger partial charge is 0.459 e. The van der Waals surface area contributed by atoms with Crippen molar-refractivity contribution < 1.29 is 23.5 Å². The molecule has 0 aromatic carbocycles. The van der Waals surface area contributed by atoms with E-state index in [2.05, 4.69) is 5.32 Å². The number of nitrogens with one attached hydrogen (secondary N) is 1. The van der Waals surface area contributed by atoms with Crippen LogP contribution in [0.2, 0.25) is 0 Å². The molecule has 1 aromatic heterocycles. The molecule has 1 aromatic rings. The zero-order chi connectivity index (χ0) is 18.1. The summed E-state index contributed by atoms with van der Waals surface area (Å²) in [5.74, 6) is 0.0632. The van der Waals surface area contributed by atoms with Gasteiger partial charge in [0.05, 0.1) is 18.4 Å². The lowest BCUT2D eigenvalue weighted by molar-refractivity contribution is -0.129. The van der Waals surface area contributed by atoms with Crippen LogP contribution >= 0.6 is 0 Å². The molecule has 1 saturated carbocycles. The van der Waals surface area contributed by atoms with Crippen LogP contribution < -0.4 is 5.32 Å². The molecule has 0 radical (unpaired) electrons. The number of hydrogen-bond acceptors (Lipinski definition) is 6. The average molecular weight is 360 g/mol. The van der Waals surface area contributed by atoms with Crippen LogP contribution in [0.5, 0.6) is 0 Å². The summed E-state index contributed by atoms with van der Waals surface area (Å²) in [6.07, 6.45) is 7.60.